The smallest absolute Gasteiger partial charge is 0.282 e. The van der Waals surface area contributed by atoms with Crippen LogP contribution in [0.25, 0.3) is 11.1 Å². The fourth-order valence-corrected chi connectivity index (χ4v) is 2.29. The van der Waals surface area contributed by atoms with Crippen molar-refractivity contribution in [2.75, 3.05) is 0 Å². The number of rotatable bonds is 2. The van der Waals surface area contributed by atoms with Crippen LogP contribution in [0.2, 0.25) is 0 Å². The number of hydrogen-bond donors (Lipinski definition) is 2. The second-order valence-electron chi connectivity index (χ2n) is 3.52. The largest absolute Gasteiger partial charge is 0.294 e. The summed E-state index contributed by atoms with van der Waals surface area (Å²) in [6.45, 7) is 0. The Morgan fingerprint density at radius 2 is 1.50 bits per heavy atom. The number of hydrogen-bond acceptors (Lipinski definition) is 3. The maximum atomic E-state index is 10.9. The van der Waals surface area contributed by atoms with Crippen LogP contribution in [-0.4, -0.2) is 13.0 Å². The molecule has 18 heavy (non-hydrogen) atoms. The molecule has 0 aromatic heterocycles. The summed E-state index contributed by atoms with van der Waals surface area (Å²) in [5.41, 5.74) is 1.76. The number of thiol groups is 1. The normalized spacial score (nSPS) is 10.8. The summed E-state index contributed by atoms with van der Waals surface area (Å²) in [6.07, 6.45) is 0. The average molecular weight is 332 g/mol. The Hall–Kier alpha value is -0.677. The molecule has 2 aromatic rings. The van der Waals surface area contributed by atoms with Gasteiger partial charge in [0.2, 0.25) is 0 Å². The van der Waals surface area contributed by atoms with Gasteiger partial charge in [0.05, 0.1) is 4.90 Å². The van der Waals surface area contributed by atoms with Gasteiger partial charge in [-0.05, 0) is 29.3 Å². The van der Waals surface area contributed by atoms with E-state index in [1.165, 1.54) is 12.1 Å². The van der Waals surface area contributed by atoms with E-state index in [9.17, 15) is 8.42 Å². The minimum absolute atomic E-state index is 0. The van der Waals surface area contributed by atoms with Crippen molar-refractivity contribution in [3.05, 3.63) is 48.5 Å². The van der Waals surface area contributed by atoms with Crippen LogP contribution in [0.5, 0.6) is 0 Å². The predicted molar refractivity (Wildman–Crippen MR) is 68.9 cm³/mol. The molecule has 0 saturated heterocycles. The molecule has 2 aromatic carbocycles. The Morgan fingerprint density at radius 3 is 2.00 bits per heavy atom. The molecule has 0 bridgehead atoms. The first-order valence-electron chi connectivity index (χ1n) is 4.84. The van der Waals surface area contributed by atoms with E-state index in [2.05, 4.69) is 12.6 Å². The summed E-state index contributed by atoms with van der Waals surface area (Å²) in [5.74, 6) is 0. The molecule has 0 fully saturated rings. The van der Waals surface area contributed by atoms with Gasteiger partial charge in [0, 0.05) is 24.4 Å². The molecule has 90 valence electrons. The second kappa shape index (κ2) is 5.98. The van der Waals surface area contributed by atoms with E-state index >= 15 is 0 Å². The molecule has 3 nitrogen and oxygen atoms in total. The molecular weight excluding hydrogens is 322 g/mol. The quantitative estimate of drug-likeness (QED) is 0.505. The SMILES string of the molecule is O=S(=O)(O)c1ccc(-c2ccccc2S)cc1.[Zn]. The molecule has 0 atom stereocenters. The third kappa shape index (κ3) is 3.42. The fraction of sp³-hybridized carbons (Fsp3) is 0. The van der Waals surface area contributed by atoms with Crippen molar-refractivity contribution in [3.63, 3.8) is 0 Å². The topological polar surface area (TPSA) is 54.4 Å². The molecule has 0 unspecified atom stereocenters. The van der Waals surface area contributed by atoms with Crippen molar-refractivity contribution in [2.24, 2.45) is 0 Å². The maximum absolute atomic E-state index is 10.9. The van der Waals surface area contributed by atoms with Gasteiger partial charge in [0.25, 0.3) is 10.1 Å². The van der Waals surface area contributed by atoms with Gasteiger partial charge >= 0.3 is 0 Å². The molecule has 0 spiro atoms. The second-order valence-corrected chi connectivity index (χ2v) is 5.42. The van der Waals surface area contributed by atoms with E-state index in [-0.39, 0.29) is 24.4 Å². The molecule has 0 amide bonds. The van der Waals surface area contributed by atoms with Crippen molar-refractivity contribution in [3.8, 4) is 11.1 Å². The van der Waals surface area contributed by atoms with Gasteiger partial charge in [-0.3, -0.25) is 4.55 Å². The van der Waals surface area contributed by atoms with Gasteiger partial charge in [-0.1, -0.05) is 30.3 Å². The molecule has 0 aliphatic carbocycles. The minimum Gasteiger partial charge on any atom is -0.282 e. The van der Waals surface area contributed by atoms with Crippen molar-refractivity contribution in [1.82, 2.24) is 0 Å². The van der Waals surface area contributed by atoms with Crippen LogP contribution in [0.3, 0.4) is 0 Å². The predicted octanol–water partition coefficient (Wildman–Crippen LogP) is 2.89. The Kier molecular flexibility index (Phi) is 5.11. The first-order valence-corrected chi connectivity index (χ1v) is 6.73. The van der Waals surface area contributed by atoms with E-state index in [0.29, 0.717) is 0 Å². The van der Waals surface area contributed by atoms with E-state index in [1.807, 2.05) is 24.3 Å². The molecule has 2 rings (SSSR count). The summed E-state index contributed by atoms with van der Waals surface area (Å²) in [6, 6.07) is 13.5. The molecule has 0 radical (unpaired) electrons. The zero-order valence-electron chi connectivity index (χ0n) is 9.45. The van der Waals surface area contributed by atoms with Crippen LogP contribution in [0.4, 0.5) is 0 Å². The summed E-state index contributed by atoms with van der Waals surface area (Å²) >= 11 is 4.32. The van der Waals surface area contributed by atoms with E-state index in [4.69, 9.17) is 4.55 Å². The molecule has 0 aliphatic heterocycles. The van der Waals surface area contributed by atoms with Crippen molar-refractivity contribution in [2.45, 2.75) is 9.79 Å². The van der Waals surface area contributed by atoms with E-state index < -0.39 is 10.1 Å². The summed E-state index contributed by atoms with van der Waals surface area (Å²) < 4.78 is 30.6. The van der Waals surface area contributed by atoms with Crippen LogP contribution in [0.15, 0.2) is 58.3 Å². The van der Waals surface area contributed by atoms with Crippen LogP contribution in [0, 0.1) is 0 Å². The monoisotopic (exact) mass is 330 g/mol. The summed E-state index contributed by atoms with van der Waals surface area (Å²) in [7, 11) is -4.13. The van der Waals surface area contributed by atoms with Crippen LogP contribution in [-0.2, 0) is 29.6 Å². The Morgan fingerprint density at radius 1 is 0.944 bits per heavy atom. The average Bonchev–Trinajstić information content (AvgIpc) is 2.29. The van der Waals surface area contributed by atoms with Crippen LogP contribution < -0.4 is 0 Å². The Labute approximate surface area is 124 Å². The first kappa shape index (κ1) is 15.4. The van der Waals surface area contributed by atoms with Crippen LogP contribution >= 0.6 is 12.6 Å². The third-order valence-corrected chi connectivity index (χ3v) is 3.63. The Balaban J connectivity index is 0.00000162. The molecule has 6 heteroatoms. The zero-order chi connectivity index (χ0) is 12.5. The molecule has 0 aliphatic rings. The molecule has 1 N–H and O–H groups in total. The van der Waals surface area contributed by atoms with Gasteiger partial charge in [0.1, 0.15) is 0 Å². The molecular formula is C12H10O3S2Zn. The first-order chi connectivity index (χ1) is 7.98. The summed E-state index contributed by atoms with van der Waals surface area (Å²) in [5, 5.41) is 0. The Bertz CT molecular complexity index is 637. The third-order valence-electron chi connectivity index (χ3n) is 2.37. The maximum Gasteiger partial charge on any atom is 0.294 e. The van der Waals surface area contributed by atoms with E-state index in [1.54, 1.807) is 12.1 Å². The molecule has 0 saturated carbocycles. The fourth-order valence-electron chi connectivity index (χ4n) is 1.52. The summed E-state index contributed by atoms with van der Waals surface area (Å²) in [4.78, 5) is 0.699. The van der Waals surface area contributed by atoms with Gasteiger partial charge < -0.3 is 0 Å². The van der Waals surface area contributed by atoms with Crippen molar-refractivity contribution >= 4 is 22.7 Å². The minimum atomic E-state index is -4.13. The van der Waals surface area contributed by atoms with Gasteiger partial charge in [-0.15, -0.1) is 12.6 Å². The number of benzene rings is 2. The van der Waals surface area contributed by atoms with Crippen molar-refractivity contribution < 1.29 is 32.4 Å². The van der Waals surface area contributed by atoms with Gasteiger partial charge in [-0.2, -0.15) is 8.42 Å². The zero-order valence-corrected chi connectivity index (χ0v) is 14.1. The van der Waals surface area contributed by atoms with Gasteiger partial charge in [-0.25, -0.2) is 0 Å². The molecule has 0 heterocycles. The van der Waals surface area contributed by atoms with Crippen molar-refractivity contribution in [1.29, 1.82) is 0 Å². The van der Waals surface area contributed by atoms with Gasteiger partial charge in [0.15, 0.2) is 0 Å². The standard InChI is InChI=1S/C12H10O3S2.Zn/c13-17(14,15)10-7-5-9(6-8-10)11-3-1-2-4-12(11)16;/h1-8,16H,(H,13,14,15);. The van der Waals surface area contributed by atoms with Crippen LogP contribution in [0.1, 0.15) is 0 Å². The van der Waals surface area contributed by atoms with E-state index in [0.717, 1.165) is 16.0 Å².